The Hall–Kier alpha value is -2.73. The topological polar surface area (TPSA) is 146 Å². The second-order valence-electron chi connectivity index (χ2n) is 8.60. The first kappa shape index (κ1) is 25.5. The van der Waals surface area contributed by atoms with Crippen molar-refractivity contribution in [3.63, 3.8) is 0 Å². The Morgan fingerprint density at radius 2 is 1.97 bits per heavy atom. The molecule has 0 spiro atoms. The highest BCUT2D eigenvalue weighted by Gasteiger charge is 2.45. The first-order chi connectivity index (χ1) is 14.9. The number of nitrogens with zero attached hydrogens (tertiary/aromatic N) is 2. The number of amides is 1. The number of aromatic nitrogens is 1. The summed E-state index contributed by atoms with van der Waals surface area (Å²) in [4.78, 5) is 45.9. The molecule has 2 rings (SSSR count). The van der Waals surface area contributed by atoms with Crippen LogP contribution in [0.25, 0.3) is 0 Å². The lowest BCUT2D eigenvalue weighted by Crippen LogP contribution is -2.47. The summed E-state index contributed by atoms with van der Waals surface area (Å²) in [7, 11) is 0. The molecule has 1 aliphatic heterocycles. The van der Waals surface area contributed by atoms with Crippen LogP contribution in [-0.2, 0) is 28.6 Å². The second-order valence-corrected chi connectivity index (χ2v) is 9.46. The molecule has 1 saturated heterocycles. The third-order valence-corrected chi connectivity index (χ3v) is 4.85. The Morgan fingerprint density at radius 3 is 2.53 bits per heavy atom. The molecule has 11 nitrogen and oxygen atoms in total. The number of rotatable bonds is 8. The molecule has 2 heterocycles. The minimum absolute atomic E-state index is 0.0358. The lowest BCUT2D eigenvalue weighted by Gasteiger charge is -2.32. The third kappa shape index (κ3) is 7.45. The maximum Gasteiger partial charge on any atom is 0.413 e. The van der Waals surface area contributed by atoms with Crippen LogP contribution in [0, 0.1) is 5.92 Å². The van der Waals surface area contributed by atoms with Gasteiger partial charge in [0.05, 0.1) is 19.8 Å². The van der Waals surface area contributed by atoms with E-state index < -0.39 is 34.9 Å². The number of ether oxygens (including phenoxy) is 3. The minimum Gasteiger partial charge on any atom is -0.476 e. The molecular weight excluding hydrogens is 442 g/mol. The van der Waals surface area contributed by atoms with Gasteiger partial charge in [-0.25, -0.2) is 19.4 Å². The van der Waals surface area contributed by atoms with Gasteiger partial charge in [0.2, 0.25) is 11.3 Å². The Balaban J connectivity index is 2.19. The molecule has 1 aliphatic rings. The highest BCUT2D eigenvalue weighted by Crippen LogP contribution is 2.28. The first-order valence-corrected chi connectivity index (χ1v) is 11.0. The summed E-state index contributed by atoms with van der Waals surface area (Å²) < 4.78 is 15.8. The van der Waals surface area contributed by atoms with Crippen molar-refractivity contribution >= 4 is 40.2 Å². The molecule has 2 N–H and O–H groups in total. The van der Waals surface area contributed by atoms with Gasteiger partial charge in [-0.2, -0.15) is 0 Å². The van der Waals surface area contributed by atoms with Crippen LogP contribution in [0.5, 0.6) is 0 Å². The van der Waals surface area contributed by atoms with E-state index in [0.717, 1.165) is 11.3 Å². The minimum atomic E-state index is -1.44. The predicted molar refractivity (Wildman–Crippen MR) is 116 cm³/mol. The van der Waals surface area contributed by atoms with Gasteiger partial charge >= 0.3 is 18.0 Å². The van der Waals surface area contributed by atoms with Crippen molar-refractivity contribution in [1.29, 1.82) is 0 Å². The van der Waals surface area contributed by atoms with Crippen molar-refractivity contribution in [2.24, 2.45) is 11.1 Å². The number of nitrogens with one attached hydrogen (secondary N) is 1. The molecule has 0 aliphatic carbocycles. The van der Waals surface area contributed by atoms with Gasteiger partial charge in [0.1, 0.15) is 11.3 Å². The average Bonchev–Trinajstić information content (AvgIpc) is 3.12. The van der Waals surface area contributed by atoms with Crippen molar-refractivity contribution in [1.82, 2.24) is 4.98 Å². The number of anilines is 1. The van der Waals surface area contributed by atoms with Crippen LogP contribution in [0.3, 0.4) is 0 Å². The SMILES string of the molecule is CC(C)COC(=O)C1(O/N=C(\C(=O)O)c2csc(NC(=O)OC(C)(C)C)n2)CCOCC1. The maximum atomic E-state index is 12.7. The maximum absolute atomic E-state index is 12.7. The normalized spacial score (nSPS) is 16.4. The fourth-order valence-corrected chi connectivity index (χ4v) is 3.25. The number of carboxylic acid groups (broad SMARTS) is 1. The second kappa shape index (κ2) is 10.7. The number of carbonyl (C=O) groups is 3. The average molecular weight is 472 g/mol. The molecule has 0 unspecified atom stereocenters. The molecule has 178 valence electrons. The Labute approximate surface area is 190 Å². The predicted octanol–water partition coefficient (Wildman–Crippen LogP) is 3.04. The van der Waals surface area contributed by atoms with Crippen LogP contribution >= 0.6 is 11.3 Å². The van der Waals surface area contributed by atoms with Gasteiger partial charge in [-0.05, 0) is 26.7 Å². The van der Waals surface area contributed by atoms with Gasteiger partial charge < -0.3 is 24.2 Å². The molecule has 0 atom stereocenters. The molecule has 0 saturated carbocycles. The fourth-order valence-electron chi connectivity index (χ4n) is 2.57. The standard InChI is InChI=1S/C20H29N3O8S/c1-12(2)10-29-16(26)20(6-8-28-9-7-20)31-23-14(15(24)25)13-11-32-17(21-13)22-18(27)30-19(3,4)5/h11-12H,6-10H2,1-5H3,(H,24,25)(H,21,22,27)/b23-14-. The number of esters is 1. The largest absolute Gasteiger partial charge is 0.476 e. The molecule has 0 radical (unpaired) electrons. The monoisotopic (exact) mass is 471 g/mol. The van der Waals surface area contributed by atoms with Gasteiger partial charge in [-0.3, -0.25) is 5.32 Å². The highest BCUT2D eigenvalue weighted by molar-refractivity contribution is 7.14. The van der Waals surface area contributed by atoms with E-state index >= 15 is 0 Å². The fraction of sp³-hybridized carbons (Fsp3) is 0.650. The van der Waals surface area contributed by atoms with Gasteiger partial charge in [0, 0.05) is 18.2 Å². The number of carboxylic acids is 1. The summed E-state index contributed by atoms with van der Waals surface area (Å²) in [6.45, 7) is 9.63. The lowest BCUT2D eigenvalue weighted by atomic mass is 9.94. The quantitative estimate of drug-likeness (QED) is 0.332. The molecule has 0 aromatic carbocycles. The van der Waals surface area contributed by atoms with E-state index in [1.165, 1.54) is 5.38 Å². The van der Waals surface area contributed by atoms with Crippen molar-refractivity contribution in [3.8, 4) is 0 Å². The summed E-state index contributed by atoms with van der Waals surface area (Å²) in [5.41, 5.74) is -2.69. The number of oxime groups is 1. The summed E-state index contributed by atoms with van der Waals surface area (Å²) in [6, 6.07) is 0. The zero-order valence-electron chi connectivity index (χ0n) is 18.8. The number of thiazole rings is 1. The van der Waals surface area contributed by atoms with E-state index in [9.17, 15) is 19.5 Å². The van der Waals surface area contributed by atoms with E-state index in [-0.39, 0.29) is 49.4 Å². The summed E-state index contributed by atoms with van der Waals surface area (Å²) >= 11 is 0.993. The lowest BCUT2D eigenvalue weighted by molar-refractivity contribution is -0.186. The third-order valence-electron chi connectivity index (χ3n) is 4.09. The molecule has 1 aromatic heterocycles. The summed E-state index contributed by atoms with van der Waals surface area (Å²) in [5, 5.41) is 17.3. The molecule has 1 fully saturated rings. The van der Waals surface area contributed by atoms with Gasteiger partial charge in [0.25, 0.3) is 0 Å². The molecular formula is C20H29N3O8S. The summed E-state index contributed by atoms with van der Waals surface area (Å²) in [6.07, 6.45) is -0.386. The van der Waals surface area contributed by atoms with Crippen LogP contribution in [0.4, 0.5) is 9.93 Å². The van der Waals surface area contributed by atoms with E-state index in [0.29, 0.717) is 0 Å². The van der Waals surface area contributed by atoms with Crippen molar-refractivity contribution in [2.45, 2.75) is 58.7 Å². The number of hydrogen-bond donors (Lipinski definition) is 2. The van der Waals surface area contributed by atoms with Gasteiger partial charge in [0.15, 0.2) is 5.13 Å². The van der Waals surface area contributed by atoms with Crippen LogP contribution in [0.15, 0.2) is 10.5 Å². The van der Waals surface area contributed by atoms with Crippen molar-refractivity contribution in [3.05, 3.63) is 11.1 Å². The van der Waals surface area contributed by atoms with E-state index in [1.807, 2.05) is 13.8 Å². The molecule has 1 aromatic rings. The number of hydrogen-bond acceptors (Lipinski definition) is 10. The number of aliphatic carboxylic acids is 1. The van der Waals surface area contributed by atoms with Gasteiger partial charge in [-0.15, -0.1) is 11.3 Å². The highest BCUT2D eigenvalue weighted by atomic mass is 32.1. The molecule has 1 amide bonds. The van der Waals surface area contributed by atoms with E-state index in [1.54, 1.807) is 20.8 Å². The van der Waals surface area contributed by atoms with Crippen LogP contribution in [-0.4, -0.2) is 64.9 Å². The number of carbonyl (C=O) groups excluding carboxylic acids is 2. The molecule has 0 bridgehead atoms. The zero-order valence-corrected chi connectivity index (χ0v) is 19.6. The summed E-state index contributed by atoms with van der Waals surface area (Å²) in [5.74, 6) is -1.90. The Morgan fingerprint density at radius 1 is 1.31 bits per heavy atom. The van der Waals surface area contributed by atoms with Gasteiger partial charge in [-0.1, -0.05) is 19.0 Å². The van der Waals surface area contributed by atoms with Crippen LogP contribution in [0.1, 0.15) is 53.2 Å². The smallest absolute Gasteiger partial charge is 0.413 e. The molecule has 32 heavy (non-hydrogen) atoms. The molecule has 12 heteroatoms. The van der Waals surface area contributed by atoms with Crippen molar-refractivity contribution in [2.75, 3.05) is 25.1 Å². The van der Waals surface area contributed by atoms with E-state index in [2.05, 4.69) is 15.5 Å². The Kier molecular flexibility index (Phi) is 8.56. The zero-order chi connectivity index (χ0) is 23.9. The van der Waals surface area contributed by atoms with Crippen molar-refractivity contribution < 1.29 is 38.5 Å². The van der Waals surface area contributed by atoms with E-state index in [4.69, 9.17) is 19.0 Å². The Bertz CT molecular complexity index is 853. The van der Waals surface area contributed by atoms with Crippen LogP contribution < -0.4 is 5.32 Å². The first-order valence-electron chi connectivity index (χ1n) is 10.1. The van der Waals surface area contributed by atoms with Crippen LogP contribution in [0.2, 0.25) is 0 Å².